The molecule has 0 fully saturated rings. The van der Waals surface area contributed by atoms with Gasteiger partial charge < -0.3 is 20.1 Å². The molecule has 1 aromatic heterocycles. The average Bonchev–Trinajstić information content (AvgIpc) is 2.65. The third-order valence-electron chi connectivity index (χ3n) is 3.44. The molecule has 134 valence electrons. The van der Waals surface area contributed by atoms with Crippen molar-refractivity contribution in [3.8, 4) is 11.5 Å². The predicted octanol–water partition coefficient (Wildman–Crippen LogP) is 2.53. The lowest BCUT2D eigenvalue weighted by Crippen LogP contribution is -2.40. The van der Waals surface area contributed by atoms with Crippen LogP contribution in [0.25, 0.3) is 0 Å². The second kappa shape index (κ2) is 10.4. The van der Waals surface area contributed by atoms with Crippen LogP contribution in [0.3, 0.4) is 0 Å². The first-order valence-electron chi connectivity index (χ1n) is 8.03. The van der Waals surface area contributed by atoms with Crippen molar-refractivity contribution in [3.63, 3.8) is 0 Å². The van der Waals surface area contributed by atoms with Crippen LogP contribution in [0.1, 0.15) is 5.56 Å². The van der Waals surface area contributed by atoms with Crippen molar-refractivity contribution in [2.75, 3.05) is 33.9 Å². The van der Waals surface area contributed by atoms with Gasteiger partial charge >= 0.3 is 0 Å². The number of benzene rings is 1. The molecule has 0 aliphatic rings. The summed E-state index contributed by atoms with van der Waals surface area (Å²) in [6.07, 6.45) is 2.62. The summed E-state index contributed by atoms with van der Waals surface area (Å²) in [5.41, 5.74) is 1.12. The highest BCUT2D eigenvalue weighted by Gasteiger charge is 2.00. The van der Waals surface area contributed by atoms with E-state index >= 15 is 0 Å². The Bertz CT molecular complexity index is 660. The van der Waals surface area contributed by atoms with Crippen LogP contribution in [0.5, 0.6) is 11.5 Å². The Morgan fingerprint density at radius 3 is 2.44 bits per heavy atom. The number of rotatable bonds is 8. The molecule has 6 nitrogen and oxygen atoms in total. The maximum absolute atomic E-state index is 5.78. The fourth-order valence-electron chi connectivity index (χ4n) is 2.11. The first-order valence-corrected chi connectivity index (χ1v) is 8.41. The molecule has 0 spiro atoms. The highest BCUT2D eigenvalue weighted by atomic mass is 35.5. The average molecular weight is 363 g/mol. The van der Waals surface area contributed by atoms with E-state index in [1.54, 1.807) is 26.4 Å². The minimum atomic E-state index is 0.506. The van der Waals surface area contributed by atoms with Crippen molar-refractivity contribution < 1.29 is 9.47 Å². The molecule has 1 aromatic carbocycles. The topological polar surface area (TPSA) is 67.8 Å². The smallest absolute Gasteiger partial charge is 0.191 e. The van der Waals surface area contributed by atoms with Gasteiger partial charge in [-0.05, 0) is 42.3 Å². The van der Waals surface area contributed by atoms with Crippen LogP contribution >= 0.6 is 11.6 Å². The van der Waals surface area contributed by atoms with Crippen molar-refractivity contribution in [2.45, 2.75) is 6.42 Å². The van der Waals surface area contributed by atoms with E-state index in [-0.39, 0.29) is 0 Å². The summed E-state index contributed by atoms with van der Waals surface area (Å²) in [5, 5.41) is 6.97. The number of aliphatic imine (C=N–C) groups is 1. The summed E-state index contributed by atoms with van der Waals surface area (Å²) in [5.74, 6) is 2.35. The van der Waals surface area contributed by atoms with Gasteiger partial charge in [0.25, 0.3) is 0 Å². The second-order valence-corrected chi connectivity index (χ2v) is 5.58. The van der Waals surface area contributed by atoms with E-state index in [4.69, 9.17) is 21.1 Å². The maximum atomic E-state index is 5.78. The Morgan fingerprint density at radius 2 is 1.80 bits per heavy atom. The lowest BCUT2D eigenvalue weighted by atomic mass is 10.2. The van der Waals surface area contributed by atoms with E-state index in [0.717, 1.165) is 36.0 Å². The zero-order chi connectivity index (χ0) is 17.9. The molecule has 0 amide bonds. The molecule has 0 radical (unpaired) electrons. The number of nitrogens with one attached hydrogen (secondary N) is 2. The molecular weight excluding hydrogens is 340 g/mol. The van der Waals surface area contributed by atoms with Crippen LogP contribution in [0.4, 0.5) is 0 Å². The first kappa shape index (κ1) is 18.9. The molecule has 2 N–H and O–H groups in total. The van der Waals surface area contributed by atoms with E-state index in [2.05, 4.69) is 20.6 Å². The van der Waals surface area contributed by atoms with Crippen molar-refractivity contribution >= 4 is 17.6 Å². The number of halogens is 1. The Morgan fingerprint density at radius 1 is 1.08 bits per heavy atom. The number of guanidine groups is 1. The molecule has 7 heteroatoms. The van der Waals surface area contributed by atoms with Gasteiger partial charge in [-0.3, -0.25) is 4.99 Å². The normalized spacial score (nSPS) is 11.1. The molecule has 2 rings (SSSR count). The summed E-state index contributed by atoms with van der Waals surface area (Å²) < 4.78 is 10.8. The number of ether oxygens (including phenoxy) is 2. The molecule has 0 unspecified atom stereocenters. The number of pyridine rings is 1. The minimum absolute atomic E-state index is 0.506. The molecule has 0 aliphatic carbocycles. The van der Waals surface area contributed by atoms with Gasteiger partial charge in [-0.1, -0.05) is 17.7 Å². The Balaban J connectivity index is 1.63. The van der Waals surface area contributed by atoms with Gasteiger partial charge in [-0.25, -0.2) is 4.98 Å². The maximum Gasteiger partial charge on any atom is 0.191 e. The molecule has 0 aliphatic heterocycles. The van der Waals surface area contributed by atoms with Crippen molar-refractivity contribution in [1.82, 2.24) is 15.6 Å². The lowest BCUT2D eigenvalue weighted by Gasteiger charge is -2.12. The summed E-state index contributed by atoms with van der Waals surface area (Å²) in [6, 6.07) is 11.3. The van der Waals surface area contributed by atoms with Crippen LogP contribution in [0.15, 0.2) is 47.6 Å². The van der Waals surface area contributed by atoms with Crippen molar-refractivity contribution in [1.29, 1.82) is 0 Å². The summed E-state index contributed by atoms with van der Waals surface area (Å²) in [7, 11) is 3.38. The fourth-order valence-corrected chi connectivity index (χ4v) is 2.22. The Kier molecular flexibility index (Phi) is 7.85. The third-order valence-corrected chi connectivity index (χ3v) is 3.66. The zero-order valence-corrected chi connectivity index (χ0v) is 15.2. The van der Waals surface area contributed by atoms with Gasteiger partial charge in [0, 0.05) is 19.8 Å². The van der Waals surface area contributed by atoms with Crippen molar-refractivity contribution in [2.24, 2.45) is 4.99 Å². The summed E-state index contributed by atoms with van der Waals surface area (Å²) in [6.45, 7) is 1.94. The van der Waals surface area contributed by atoms with Crippen LogP contribution in [-0.4, -0.2) is 44.8 Å². The molecule has 0 bridgehead atoms. The van der Waals surface area contributed by atoms with E-state index in [1.807, 2.05) is 30.3 Å². The van der Waals surface area contributed by atoms with Gasteiger partial charge in [0.15, 0.2) is 5.96 Å². The third kappa shape index (κ3) is 6.89. The largest absolute Gasteiger partial charge is 0.497 e. The number of hydrogen-bond donors (Lipinski definition) is 2. The van der Waals surface area contributed by atoms with Crippen LogP contribution in [0.2, 0.25) is 5.15 Å². The number of methoxy groups -OCH3 is 1. The molecule has 1 heterocycles. The minimum Gasteiger partial charge on any atom is -0.497 e. The Hall–Kier alpha value is -2.47. The van der Waals surface area contributed by atoms with Crippen LogP contribution in [-0.2, 0) is 6.42 Å². The molecule has 2 aromatic rings. The second-order valence-electron chi connectivity index (χ2n) is 5.19. The summed E-state index contributed by atoms with van der Waals surface area (Å²) in [4.78, 5) is 8.25. The highest BCUT2D eigenvalue weighted by Crippen LogP contribution is 2.16. The van der Waals surface area contributed by atoms with Gasteiger partial charge in [0.2, 0.25) is 0 Å². The molecule has 0 saturated heterocycles. The van der Waals surface area contributed by atoms with E-state index in [9.17, 15) is 0 Å². The first-order chi connectivity index (χ1) is 12.2. The van der Waals surface area contributed by atoms with E-state index in [0.29, 0.717) is 18.3 Å². The Labute approximate surface area is 153 Å². The number of aromatic nitrogens is 1. The van der Waals surface area contributed by atoms with E-state index in [1.165, 1.54) is 0 Å². The number of hydrogen-bond acceptors (Lipinski definition) is 4. The summed E-state index contributed by atoms with van der Waals surface area (Å²) >= 11 is 5.78. The van der Waals surface area contributed by atoms with Gasteiger partial charge in [-0.15, -0.1) is 0 Å². The van der Waals surface area contributed by atoms with Gasteiger partial charge in [0.05, 0.1) is 13.7 Å². The van der Waals surface area contributed by atoms with Crippen LogP contribution < -0.4 is 20.1 Å². The monoisotopic (exact) mass is 362 g/mol. The van der Waals surface area contributed by atoms with E-state index < -0.39 is 0 Å². The molecular formula is C18H23ClN4O2. The SMILES string of the molecule is CN=C(NCCOc1ccc(OC)cc1)NCCc1ccc(Cl)nc1. The number of nitrogens with zero attached hydrogens (tertiary/aromatic N) is 2. The van der Waals surface area contributed by atoms with Crippen LogP contribution in [0, 0.1) is 0 Å². The van der Waals surface area contributed by atoms with Gasteiger partial charge in [0.1, 0.15) is 23.3 Å². The van der Waals surface area contributed by atoms with Crippen molar-refractivity contribution in [3.05, 3.63) is 53.3 Å². The fraction of sp³-hybridized carbons (Fsp3) is 0.333. The van der Waals surface area contributed by atoms with Gasteiger partial charge in [-0.2, -0.15) is 0 Å². The molecule has 25 heavy (non-hydrogen) atoms. The molecule has 0 saturated carbocycles. The predicted molar refractivity (Wildman–Crippen MR) is 101 cm³/mol. The lowest BCUT2D eigenvalue weighted by molar-refractivity contribution is 0.321. The zero-order valence-electron chi connectivity index (χ0n) is 14.5. The highest BCUT2D eigenvalue weighted by molar-refractivity contribution is 6.29. The standard InChI is InChI=1S/C18H23ClN4O2/c1-20-18(21-10-9-14-3-8-17(19)23-13-14)22-11-12-25-16-6-4-15(24-2)5-7-16/h3-8,13H,9-12H2,1-2H3,(H2,20,21,22). The quantitative estimate of drug-likeness (QED) is 0.327. The molecule has 0 atom stereocenters.